The van der Waals surface area contributed by atoms with Crippen LogP contribution < -0.4 is 5.32 Å². The summed E-state index contributed by atoms with van der Waals surface area (Å²) in [7, 11) is 0. The molecule has 0 unspecified atom stereocenters. The standard InChI is InChI=1S/C12H10N4O4/c17-12(18)9-5-6-14-15-11(9)13-7-8-3-1-2-4-10(8)16(19)20/h1-6H,7H2,(H,13,15)(H,17,18). The maximum absolute atomic E-state index is 11.0. The van der Waals surface area contributed by atoms with Gasteiger partial charge in [-0.25, -0.2) is 4.79 Å². The van der Waals surface area contributed by atoms with Crippen molar-refractivity contribution in [2.24, 2.45) is 0 Å². The van der Waals surface area contributed by atoms with E-state index < -0.39 is 10.9 Å². The maximum atomic E-state index is 11.0. The second-order valence-electron chi connectivity index (χ2n) is 3.84. The molecule has 0 saturated carbocycles. The molecule has 20 heavy (non-hydrogen) atoms. The summed E-state index contributed by atoms with van der Waals surface area (Å²) in [6.45, 7) is 0.0795. The summed E-state index contributed by atoms with van der Waals surface area (Å²) in [5, 5.41) is 29.9. The number of hydrogen-bond donors (Lipinski definition) is 2. The van der Waals surface area contributed by atoms with Crippen LogP contribution in [0.4, 0.5) is 11.5 Å². The lowest BCUT2D eigenvalue weighted by Crippen LogP contribution is -2.10. The number of para-hydroxylation sites is 1. The maximum Gasteiger partial charge on any atom is 0.339 e. The molecule has 2 rings (SSSR count). The van der Waals surface area contributed by atoms with E-state index >= 15 is 0 Å². The smallest absolute Gasteiger partial charge is 0.339 e. The monoisotopic (exact) mass is 274 g/mol. The minimum atomic E-state index is -1.15. The van der Waals surface area contributed by atoms with Gasteiger partial charge in [0.05, 0.1) is 11.1 Å². The van der Waals surface area contributed by atoms with E-state index in [0.29, 0.717) is 5.56 Å². The van der Waals surface area contributed by atoms with Crippen molar-refractivity contribution in [3.8, 4) is 0 Å². The van der Waals surface area contributed by atoms with Crippen LogP contribution in [0.5, 0.6) is 0 Å². The first kappa shape index (κ1) is 13.4. The Morgan fingerprint density at radius 3 is 2.80 bits per heavy atom. The van der Waals surface area contributed by atoms with E-state index in [1.165, 1.54) is 18.3 Å². The van der Waals surface area contributed by atoms with Crippen LogP contribution in [-0.4, -0.2) is 26.2 Å². The number of aromatic carboxylic acids is 1. The second-order valence-corrected chi connectivity index (χ2v) is 3.84. The van der Waals surface area contributed by atoms with Gasteiger partial charge in [0, 0.05) is 18.2 Å². The summed E-state index contributed by atoms with van der Waals surface area (Å²) in [6, 6.07) is 7.50. The van der Waals surface area contributed by atoms with Crippen LogP contribution in [0.15, 0.2) is 36.5 Å². The molecule has 8 heteroatoms. The van der Waals surface area contributed by atoms with E-state index in [4.69, 9.17) is 5.11 Å². The molecule has 0 aliphatic heterocycles. The molecule has 8 nitrogen and oxygen atoms in total. The molecular weight excluding hydrogens is 264 g/mol. The largest absolute Gasteiger partial charge is 0.478 e. The second kappa shape index (κ2) is 5.74. The Labute approximate surface area is 113 Å². The third kappa shape index (κ3) is 2.86. The van der Waals surface area contributed by atoms with Crippen molar-refractivity contribution in [3.05, 3.63) is 57.8 Å². The van der Waals surface area contributed by atoms with E-state index in [9.17, 15) is 14.9 Å². The number of carboxylic acid groups (broad SMARTS) is 1. The number of carboxylic acids is 1. The summed E-state index contributed by atoms with van der Waals surface area (Å²) >= 11 is 0. The predicted octanol–water partition coefficient (Wildman–Crippen LogP) is 1.70. The van der Waals surface area contributed by atoms with Gasteiger partial charge in [0.2, 0.25) is 0 Å². The SMILES string of the molecule is O=C(O)c1ccnnc1NCc1ccccc1[N+](=O)[O-]. The molecule has 1 aromatic heterocycles. The van der Waals surface area contributed by atoms with E-state index in [1.54, 1.807) is 18.2 Å². The summed E-state index contributed by atoms with van der Waals surface area (Å²) < 4.78 is 0. The molecule has 0 bridgehead atoms. The molecule has 1 aromatic carbocycles. The first-order chi connectivity index (χ1) is 9.59. The Morgan fingerprint density at radius 1 is 1.35 bits per heavy atom. The lowest BCUT2D eigenvalue weighted by molar-refractivity contribution is -0.385. The number of nitro benzene ring substituents is 1. The molecule has 0 fully saturated rings. The van der Waals surface area contributed by atoms with Crippen molar-refractivity contribution in [2.45, 2.75) is 6.54 Å². The van der Waals surface area contributed by atoms with Crippen molar-refractivity contribution < 1.29 is 14.8 Å². The number of nitro groups is 1. The van der Waals surface area contributed by atoms with Gasteiger partial charge in [-0.1, -0.05) is 18.2 Å². The average molecular weight is 274 g/mol. The normalized spacial score (nSPS) is 10.0. The predicted molar refractivity (Wildman–Crippen MR) is 69.4 cm³/mol. The molecule has 0 saturated heterocycles. The Balaban J connectivity index is 2.22. The number of nitrogens with zero attached hydrogens (tertiary/aromatic N) is 3. The lowest BCUT2D eigenvalue weighted by Gasteiger charge is -2.07. The van der Waals surface area contributed by atoms with Crippen LogP contribution in [0, 0.1) is 10.1 Å². The van der Waals surface area contributed by atoms with Gasteiger partial charge < -0.3 is 10.4 Å². The van der Waals surface area contributed by atoms with Gasteiger partial charge in [-0.2, -0.15) is 5.10 Å². The summed E-state index contributed by atoms with van der Waals surface area (Å²) in [4.78, 5) is 21.4. The highest BCUT2D eigenvalue weighted by molar-refractivity contribution is 5.92. The van der Waals surface area contributed by atoms with Gasteiger partial charge in [-0.05, 0) is 6.07 Å². The zero-order valence-electron chi connectivity index (χ0n) is 10.2. The van der Waals surface area contributed by atoms with Gasteiger partial charge in [0.25, 0.3) is 5.69 Å². The van der Waals surface area contributed by atoms with Crippen LogP contribution in [0.2, 0.25) is 0 Å². The van der Waals surface area contributed by atoms with Crippen LogP contribution in [-0.2, 0) is 6.54 Å². The molecule has 0 aliphatic rings. The average Bonchev–Trinajstić information content (AvgIpc) is 2.45. The van der Waals surface area contributed by atoms with Crippen LogP contribution in [0.1, 0.15) is 15.9 Å². The van der Waals surface area contributed by atoms with Gasteiger partial charge in [0.1, 0.15) is 5.56 Å². The van der Waals surface area contributed by atoms with E-state index in [0.717, 1.165) is 0 Å². The molecule has 102 valence electrons. The number of rotatable bonds is 5. The van der Waals surface area contributed by atoms with Crippen molar-refractivity contribution in [2.75, 3.05) is 5.32 Å². The Hall–Kier alpha value is -3.03. The number of anilines is 1. The number of aromatic nitrogens is 2. The first-order valence-electron chi connectivity index (χ1n) is 5.60. The van der Waals surface area contributed by atoms with Crippen LogP contribution >= 0.6 is 0 Å². The summed E-state index contributed by atoms with van der Waals surface area (Å²) in [6.07, 6.45) is 1.26. The number of hydrogen-bond acceptors (Lipinski definition) is 6. The van der Waals surface area contributed by atoms with Crippen LogP contribution in [0.3, 0.4) is 0 Å². The van der Waals surface area contributed by atoms with Gasteiger partial charge in [-0.3, -0.25) is 10.1 Å². The van der Waals surface area contributed by atoms with Crippen LogP contribution in [0.25, 0.3) is 0 Å². The Bertz CT molecular complexity index is 602. The van der Waals surface area contributed by atoms with E-state index in [-0.39, 0.29) is 23.6 Å². The zero-order chi connectivity index (χ0) is 14.5. The van der Waals surface area contributed by atoms with Crippen molar-refractivity contribution in [3.63, 3.8) is 0 Å². The number of benzene rings is 1. The molecule has 0 aliphatic carbocycles. The van der Waals surface area contributed by atoms with Gasteiger partial charge in [0.15, 0.2) is 5.82 Å². The molecule has 0 amide bonds. The minimum absolute atomic E-state index is 0.0410. The van der Waals surface area contributed by atoms with Gasteiger partial charge >= 0.3 is 5.97 Å². The quantitative estimate of drug-likeness (QED) is 0.629. The van der Waals surface area contributed by atoms with Crippen molar-refractivity contribution >= 4 is 17.5 Å². The fourth-order valence-electron chi connectivity index (χ4n) is 1.65. The molecule has 2 N–H and O–H groups in total. The molecule has 0 atom stereocenters. The van der Waals surface area contributed by atoms with Crippen molar-refractivity contribution in [1.82, 2.24) is 10.2 Å². The molecule has 0 radical (unpaired) electrons. The van der Waals surface area contributed by atoms with Gasteiger partial charge in [-0.15, -0.1) is 5.10 Å². The topological polar surface area (TPSA) is 118 Å². The lowest BCUT2D eigenvalue weighted by atomic mass is 10.2. The van der Waals surface area contributed by atoms with Crippen molar-refractivity contribution in [1.29, 1.82) is 0 Å². The molecule has 0 spiro atoms. The number of nitrogens with one attached hydrogen (secondary N) is 1. The summed E-state index contributed by atoms with van der Waals surface area (Å²) in [5.41, 5.74) is 0.346. The fourth-order valence-corrected chi connectivity index (χ4v) is 1.65. The highest BCUT2D eigenvalue weighted by Crippen LogP contribution is 2.19. The summed E-state index contributed by atoms with van der Waals surface area (Å²) in [5.74, 6) is -1.08. The minimum Gasteiger partial charge on any atom is -0.478 e. The Kier molecular flexibility index (Phi) is 3.85. The highest BCUT2D eigenvalue weighted by atomic mass is 16.6. The fraction of sp³-hybridized carbons (Fsp3) is 0.0833. The highest BCUT2D eigenvalue weighted by Gasteiger charge is 2.15. The zero-order valence-corrected chi connectivity index (χ0v) is 10.2. The van der Waals surface area contributed by atoms with E-state index in [2.05, 4.69) is 15.5 Å². The third-order valence-electron chi connectivity index (χ3n) is 2.59. The number of carbonyl (C=O) groups is 1. The van der Waals surface area contributed by atoms with E-state index in [1.807, 2.05) is 0 Å². The Morgan fingerprint density at radius 2 is 2.10 bits per heavy atom. The molecule has 1 heterocycles. The molecule has 2 aromatic rings. The molecular formula is C12H10N4O4. The first-order valence-corrected chi connectivity index (χ1v) is 5.60. The third-order valence-corrected chi connectivity index (χ3v) is 2.59.